The molecule has 1 N–H and O–H groups in total. The summed E-state index contributed by atoms with van der Waals surface area (Å²) < 4.78 is 5.48. The lowest BCUT2D eigenvalue weighted by Crippen LogP contribution is -2.45. The van der Waals surface area contributed by atoms with Crippen molar-refractivity contribution < 1.29 is 14.3 Å². The fourth-order valence-electron chi connectivity index (χ4n) is 2.85. The first-order valence-electron chi connectivity index (χ1n) is 7.49. The minimum absolute atomic E-state index is 0.0323. The summed E-state index contributed by atoms with van der Waals surface area (Å²) in [5, 5.41) is 4.87. The van der Waals surface area contributed by atoms with E-state index >= 15 is 0 Å². The Balaban J connectivity index is 1.85. The molecule has 1 aliphatic carbocycles. The molecule has 0 saturated heterocycles. The third kappa shape index (κ3) is 4.06. The van der Waals surface area contributed by atoms with Crippen LogP contribution >= 0.6 is 11.3 Å². The minimum Gasteiger partial charge on any atom is -0.482 e. The molecule has 1 aromatic rings. The van der Waals surface area contributed by atoms with Crippen molar-refractivity contribution in [2.24, 2.45) is 11.8 Å². The first-order valence-corrected chi connectivity index (χ1v) is 8.37. The molecule has 4 nitrogen and oxygen atoms in total. The third-order valence-electron chi connectivity index (χ3n) is 4.36. The lowest BCUT2D eigenvalue weighted by Gasteiger charge is -2.34. The Morgan fingerprint density at radius 2 is 2.14 bits per heavy atom. The van der Waals surface area contributed by atoms with Crippen LogP contribution in [-0.4, -0.2) is 24.3 Å². The molecule has 1 fully saturated rings. The summed E-state index contributed by atoms with van der Waals surface area (Å²) >= 11 is 1.34. The fourth-order valence-corrected chi connectivity index (χ4v) is 3.58. The first-order chi connectivity index (χ1) is 9.99. The molecule has 1 aliphatic rings. The summed E-state index contributed by atoms with van der Waals surface area (Å²) in [5.74, 6) is 1.51. The van der Waals surface area contributed by atoms with Crippen molar-refractivity contribution in [2.45, 2.75) is 46.1 Å². The SMILES string of the molecule is CC(=O)c1sccc1OCC(=O)NC1CCCC(C)C1C. The number of rotatable bonds is 5. The number of Topliss-reactive ketones (excluding diaryl/α,β-unsaturated/α-hetero) is 1. The van der Waals surface area contributed by atoms with Gasteiger partial charge in [-0.2, -0.15) is 0 Å². The van der Waals surface area contributed by atoms with Crippen LogP contribution in [-0.2, 0) is 4.79 Å². The quantitative estimate of drug-likeness (QED) is 0.849. The molecule has 0 aromatic carbocycles. The van der Waals surface area contributed by atoms with Crippen molar-refractivity contribution in [3.05, 3.63) is 16.3 Å². The molecule has 0 spiro atoms. The highest BCUT2D eigenvalue weighted by atomic mass is 32.1. The van der Waals surface area contributed by atoms with Gasteiger partial charge in [-0.1, -0.05) is 26.7 Å². The first kappa shape index (κ1) is 16.0. The van der Waals surface area contributed by atoms with Crippen molar-refractivity contribution in [2.75, 3.05) is 6.61 Å². The smallest absolute Gasteiger partial charge is 0.258 e. The zero-order chi connectivity index (χ0) is 15.4. The van der Waals surface area contributed by atoms with Crippen LogP contribution in [0.3, 0.4) is 0 Å². The van der Waals surface area contributed by atoms with Gasteiger partial charge in [-0.25, -0.2) is 0 Å². The van der Waals surface area contributed by atoms with E-state index in [2.05, 4.69) is 19.2 Å². The minimum atomic E-state index is -0.110. The number of hydrogen-bond acceptors (Lipinski definition) is 4. The Morgan fingerprint density at radius 1 is 1.38 bits per heavy atom. The molecule has 116 valence electrons. The predicted molar refractivity (Wildman–Crippen MR) is 83.9 cm³/mol. The van der Waals surface area contributed by atoms with Gasteiger partial charge in [0.2, 0.25) is 0 Å². The molecular formula is C16H23NO3S. The highest BCUT2D eigenvalue weighted by molar-refractivity contribution is 7.12. The van der Waals surface area contributed by atoms with Crippen molar-refractivity contribution in [3.8, 4) is 5.75 Å². The van der Waals surface area contributed by atoms with E-state index in [9.17, 15) is 9.59 Å². The molecule has 3 unspecified atom stereocenters. The zero-order valence-electron chi connectivity index (χ0n) is 12.8. The van der Waals surface area contributed by atoms with Gasteiger partial charge < -0.3 is 10.1 Å². The number of carbonyl (C=O) groups excluding carboxylic acids is 2. The maximum absolute atomic E-state index is 12.0. The fraction of sp³-hybridized carbons (Fsp3) is 0.625. The maximum Gasteiger partial charge on any atom is 0.258 e. The van der Waals surface area contributed by atoms with Gasteiger partial charge in [0, 0.05) is 13.0 Å². The van der Waals surface area contributed by atoms with E-state index in [1.807, 2.05) is 0 Å². The van der Waals surface area contributed by atoms with Crippen molar-refractivity contribution in [1.29, 1.82) is 0 Å². The number of hydrogen-bond donors (Lipinski definition) is 1. The van der Waals surface area contributed by atoms with Crippen LogP contribution in [0.2, 0.25) is 0 Å². The molecule has 1 aromatic heterocycles. The van der Waals surface area contributed by atoms with Gasteiger partial charge in [0.05, 0.1) is 0 Å². The van der Waals surface area contributed by atoms with E-state index in [1.54, 1.807) is 11.4 Å². The highest BCUT2D eigenvalue weighted by Gasteiger charge is 2.28. The van der Waals surface area contributed by atoms with Crippen LogP contribution in [0.15, 0.2) is 11.4 Å². The summed E-state index contributed by atoms with van der Waals surface area (Å²) in [4.78, 5) is 24.0. The molecule has 0 aliphatic heterocycles. The molecule has 1 amide bonds. The lowest BCUT2D eigenvalue weighted by molar-refractivity contribution is -0.124. The number of ketones is 1. The second kappa shape index (κ2) is 7.07. The number of carbonyl (C=O) groups is 2. The Bertz CT molecular complexity index is 511. The Morgan fingerprint density at radius 3 is 2.86 bits per heavy atom. The number of amides is 1. The van der Waals surface area contributed by atoms with Gasteiger partial charge in [-0.3, -0.25) is 9.59 Å². The Hall–Kier alpha value is -1.36. The van der Waals surface area contributed by atoms with Crippen LogP contribution < -0.4 is 10.1 Å². The summed E-state index contributed by atoms with van der Waals surface area (Å²) in [7, 11) is 0. The molecule has 2 rings (SSSR count). The van der Waals surface area contributed by atoms with Gasteiger partial charge in [0.1, 0.15) is 10.6 Å². The summed E-state index contributed by atoms with van der Waals surface area (Å²) in [6.45, 7) is 5.91. The van der Waals surface area contributed by atoms with Gasteiger partial charge >= 0.3 is 0 Å². The van der Waals surface area contributed by atoms with E-state index in [-0.39, 0.29) is 24.3 Å². The largest absolute Gasteiger partial charge is 0.482 e. The van der Waals surface area contributed by atoms with E-state index < -0.39 is 0 Å². The topological polar surface area (TPSA) is 55.4 Å². The van der Waals surface area contributed by atoms with Crippen LogP contribution in [0.1, 0.15) is 49.7 Å². The molecule has 3 atom stereocenters. The normalized spacial score (nSPS) is 25.4. The summed E-state index contributed by atoms with van der Waals surface area (Å²) in [5.41, 5.74) is 0. The number of ether oxygens (including phenoxy) is 1. The summed E-state index contributed by atoms with van der Waals surface area (Å²) in [6.07, 6.45) is 3.44. The van der Waals surface area contributed by atoms with E-state index in [1.165, 1.54) is 24.7 Å². The van der Waals surface area contributed by atoms with Gasteiger partial charge in [-0.05, 0) is 29.7 Å². The van der Waals surface area contributed by atoms with Crippen molar-refractivity contribution in [3.63, 3.8) is 0 Å². The zero-order valence-corrected chi connectivity index (χ0v) is 13.7. The lowest BCUT2D eigenvalue weighted by atomic mass is 9.78. The van der Waals surface area contributed by atoms with Crippen LogP contribution in [0.4, 0.5) is 0 Å². The van der Waals surface area contributed by atoms with Crippen molar-refractivity contribution in [1.82, 2.24) is 5.32 Å². The standard InChI is InChI=1S/C16H23NO3S/c1-10-5-4-6-13(11(10)2)17-15(19)9-20-14-7-8-21-16(14)12(3)18/h7-8,10-11,13H,4-6,9H2,1-3H3,(H,17,19). The maximum atomic E-state index is 12.0. The van der Waals surface area contributed by atoms with E-state index in [0.29, 0.717) is 22.5 Å². The number of nitrogens with one attached hydrogen (secondary N) is 1. The van der Waals surface area contributed by atoms with E-state index in [0.717, 1.165) is 12.8 Å². The summed E-state index contributed by atoms with van der Waals surface area (Å²) in [6, 6.07) is 1.97. The monoisotopic (exact) mass is 309 g/mol. The molecule has 0 bridgehead atoms. The number of thiophene rings is 1. The third-order valence-corrected chi connectivity index (χ3v) is 5.36. The van der Waals surface area contributed by atoms with Crippen LogP contribution in [0, 0.1) is 11.8 Å². The Kier molecular flexibility index (Phi) is 5.39. The molecule has 0 radical (unpaired) electrons. The second-order valence-corrected chi connectivity index (χ2v) is 6.82. The van der Waals surface area contributed by atoms with Crippen LogP contribution in [0.25, 0.3) is 0 Å². The second-order valence-electron chi connectivity index (χ2n) is 5.90. The predicted octanol–water partition coefficient (Wildman–Crippen LogP) is 3.27. The Labute approximate surface area is 129 Å². The average molecular weight is 309 g/mol. The molecule has 21 heavy (non-hydrogen) atoms. The molecule has 1 saturated carbocycles. The van der Waals surface area contributed by atoms with Gasteiger partial charge in [0.25, 0.3) is 5.91 Å². The molecule has 5 heteroatoms. The molecule has 1 heterocycles. The van der Waals surface area contributed by atoms with Crippen molar-refractivity contribution >= 4 is 23.0 Å². The average Bonchev–Trinajstić information content (AvgIpc) is 2.90. The van der Waals surface area contributed by atoms with Crippen LogP contribution in [0.5, 0.6) is 5.75 Å². The highest BCUT2D eigenvalue weighted by Crippen LogP contribution is 2.29. The van der Waals surface area contributed by atoms with E-state index in [4.69, 9.17) is 4.74 Å². The van der Waals surface area contributed by atoms with Gasteiger partial charge in [0.15, 0.2) is 12.4 Å². The van der Waals surface area contributed by atoms with Gasteiger partial charge in [-0.15, -0.1) is 11.3 Å². The molecular weight excluding hydrogens is 286 g/mol.